The molecule has 1 aliphatic rings. The highest BCUT2D eigenvalue weighted by atomic mass is 32.2. The second-order valence-electron chi connectivity index (χ2n) is 5.85. The van der Waals surface area contributed by atoms with E-state index >= 15 is 0 Å². The van der Waals surface area contributed by atoms with Crippen LogP contribution in [-0.4, -0.2) is 46.6 Å². The highest BCUT2D eigenvalue weighted by molar-refractivity contribution is 7.89. The Balaban J connectivity index is 1.86. The number of sulfonamides is 1. The summed E-state index contributed by atoms with van der Waals surface area (Å²) in [4.78, 5) is 12.6. The Bertz CT molecular complexity index is 850. The number of nitrogens with zero attached hydrogens (tertiary/aromatic N) is 3. The van der Waals surface area contributed by atoms with Gasteiger partial charge in [0.15, 0.2) is 5.82 Å². The lowest BCUT2D eigenvalue weighted by Crippen LogP contribution is -2.43. The average Bonchev–Trinajstić information content (AvgIpc) is 3.20. The molecule has 1 aliphatic heterocycles. The van der Waals surface area contributed by atoms with E-state index in [2.05, 4.69) is 20.7 Å². The van der Waals surface area contributed by atoms with E-state index in [1.165, 1.54) is 4.31 Å². The molecule has 3 rings (SSSR count). The van der Waals surface area contributed by atoms with Crippen LogP contribution in [0, 0.1) is 20.8 Å². The number of rotatable bonds is 4. The number of anilines is 1. The molecule has 1 atom stereocenters. The maximum Gasteiger partial charge on any atom is 0.247 e. The second-order valence-corrected chi connectivity index (χ2v) is 7.68. The molecular weight excluding hydrogens is 334 g/mol. The predicted molar refractivity (Wildman–Crippen MR) is 84.8 cm³/mol. The second kappa shape index (κ2) is 6.02. The Kier molecular flexibility index (Phi) is 4.18. The van der Waals surface area contributed by atoms with E-state index in [1.54, 1.807) is 26.8 Å². The molecule has 1 fully saturated rings. The molecule has 3 heterocycles. The molecule has 0 aromatic carbocycles. The third-order valence-electron chi connectivity index (χ3n) is 4.01. The van der Waals surface area contributed by atoms with Crippen LogP contribution in [0.5, 0.6) is 0 Å². The zero-order valence-corrected chi connectivity index (χ0v) is 14.5. The lowest BCUT2D eigenvalue weighted by molar-refractivity contribution is -0.119. The quantitative estimate of drug-likeness (QED) is 0.849. The van der Waals surface area contributed by atoms with Gasteiger partial charge < -0.3 is 9.84 Å². The summed E-state index contributed by atoms with van der Waals surface area (Å²) < 4.78 is 32.1. The number of carbonyl (C=O) groups excluding carboxylic acids is 1. The maximum atomic E-state index is 13.0. The van der Waals surface area contributed by atoms with Crippen LogP contribution in [0.1, 0.15) is 30.0 Å². The number of aryl methyl sites for hydroxylation is 3. The lowest BCUT2D eigenvalue weighted by Gasteiger charge is -2.23. The monoisotopic (exact) mass is 353 g/mol. The molecule has 1 saturated heterocycles. The van der Waals surface area contributed by atoms with Crippen molar-refractivity contribution in [2.75, 3.05) is 11.9 Å². The molecule has 1 amide bonds. The van der Waals surface area contributed by atoms with E-state index in [-0.39, 0.29) is 10.7 Å². The van der Waals surface area contributed by atoms with Crippen LogP contribution in [0.15, 0.2) is 15.5 Å². The summed E-state index contributed by atoms with van der Waals surface area (Å²) in [7, 11) is -3.80. The number of nitrogens with one attached hydrogen (secondary N) is 2. The number of H-pyrrole nitrogens is 1. The molecule has 1 unspecified atom stereocenters. The van der Waals surface area contributed by atoms with Crippen molar-refractivity contribution in [1.29, 1.82) is 0 Å². The van der Waals surface area contributed by atoms with Gasteiger partial charge in [0.2, 0.25) is 15.9 Å². The fourth-order valence-electron chi connectivity index (χ4n) is 2.96. The molecule has 2 aromatic heterocycles. The van der Waals surface area contributed by atoms with Crippen LogP contribution < -0.4 is 5.32 Å². The van der Waals surface area contributed by atoms with Crippen molar-refractivity contribution in [3.63, 3.8) is 0 Å². The van der Waals surface area contributed by atoms with Crippen molar-refractivity contribution in [1.82, 2.24) is 19.7 Å². The van der Waals surface area contributed by atoms with Gasteiger partial charge in [-0.1, -0.05) is 5.16 Å². The first-order valence-corrected chi connectivity index (χ1v) is 9.02. The van der Waals surface area contributed by atoms with Crippen molar-refractivity contribution in [3.8, 4) is 0 Å². The number of aromatic nitrogens is 3. The Labute approximate surface area is 139 Å². The summed E-state index contributed by atoms with van der Waals surface area (Å²) in [6.07, 6.45) is 1.07. The van der Waals surface area contributed by atoms with Crippen LogP contribution in [0.2, 0.25) is 0 Å². The summed E-state index contributed by atoms with van der Waals surface area (Å²) in [5, 5.41) is 12.9. The third-order valence-corrected chi connectivity index (χ3v) is 6.18. The number of carbonyl (C=O) groups is 1. The summed E-state index contributed by atoms with van der Waals surface area (Å²) in [5.41, 5.74) is 0.858. The highest BCUT2D eigenvalue weighted by Gasteiger charge is 2.41. The number of amides is 1. The molecule has 130 valence electrons. The lowest BCUT2D eigenvalue weighted by atomic mass is 10.2. The molecule has 9 nitrogen and oxygen atoms in total. The van der Waals surface area contributed by atoms with E-state index in [0.29, 0.717) is 36.5 Å². The van der Waals surface area contributed by atoms with Crippen LogP contribution in [0.4, 0.5) is 5.82 Å². The van der Waals surface area contributed by atoms with E-state index < -0.39 is 22.0 Å². The van der Waals surface area contributed by atoms with Gasteiger partial charge in [-0.3, -0.25) is 9.89 Å². The molecule has 0 saturated carbocycles. The van der Waals surface area contributed by atoms with Crippen LogP contribution in [0.3, 0.4) is 0 Å². The van der Waals surface area contributed by atoms with Gasteiger partial charge in [-0.15, -0.1) is 0 Å². The fourth-order valence-corrected chi connectivity index (χ4v) is 4.95. The van der Waals surface area contributed by atoms with Crippen molar-refractivity contribution in [2.24, 2.45) is 0 Å². The highest BCUT2D eigenvalue weighted by Crippen LogP contribution is 2.29. The molecule has 0 aliphatic carbocycles. The Hall–Kier alpha value is -2.20. The van der Waals surface area contributed by atoms with Gasteiger partial charge in [0, 0.05) is 12.6 Å². The van der Waals surface area contributed by atoms with Crippen molar-refractivity contribution in [2.45, 2.75) is 44.6 Å². The molecule has 0 bridgehead atoms. The van der Waals surface area contributed by atoms with Crippen molar-refractivity contribution < 1.29 is 17.7 Å². The van der Waals surface area contributed by atoms with Gasteiger partial charge >= 0.3 is 0 Å². The minimum Gasteiger partial charge on any atom is -0.360 e. The van der Waals surface area contributed by atoms with Gasteiger partial charge in [0.05, 0.1) is 11.4 Å². The third kappa shape index (κ3) is 2.82. The molecule has 2 aromatic rings. The summed E-state index contributed by atoms with van der Waals surface area (Å²) in [6.45, 7) is 5.28. The number of hydrogen-bond acceptors (Lipinski definition) is 6. The molecule has 2 N–H and O–H groups in total. The summed E-state index contributed by atoms with van der Waals surface area (Å²) in [5.74, 6) is 0.423. The summed E-state index contributed by atoms with van der Waals surface area (Å²) in [6, 6.07) is 0.802. The molecule has 0 spiro atoms. The SMILES string of the molecule is Cc1cc(NC(=O)C2CCCN2S(=O)(=O)c2c(C)n[nH]c2C)no1. The molecule has 0 radical (unpaired) electrons. The fraction of sp³-hybridized carbons (Fsp3) is 0.500. The maximum absolute atomic E-state index is 13.0. The number of aromatic amines is 1. The minimum atomic E-state index is -3.80. The first-order valence-electron chi connectivity index (χ1n) is 7.58. The Morgan fingerprint density at radius 2 is 2.17 bits per heavy atom. The van der Waals surface area contributed by atoms with Gasteiger partial charge in [-0.2, -0.15) is 9.40 Å². The van der Waals surface area contributed by atoms with E-state index in [1.807, 2.05) is 0 Å². The summed E-state index contributed by atoms with van der Waals surface area (Å²) >= 11 is 0. The standard InChI is InChI=1S/C14H19N5O4S/c1-8-7-12(18-23-8)15-14(20)11-5-4-6-19(11)24(21,22)13-9(2)16-17-10(13)3/h7,11H,4-6H2,1-3H3,(H,16,17)(H,15,18,20). The first-order chi connectivity index (χ1) is 11.3. The van der Waals surface area contributed by atoms with Gasteiger partial charge in [0.25, 0.3) is 0 Å². The zero-order valence-electron chi connectivity index (χ0n) is 13.7. The van der Waals surface area contributed by atoms with E-state index in [4.69, 9.17) is 4.52 Å². The van der Waals surface area contributed by atoms with E-state index in [0.717, 1.165) is 0 Å². The van der Waals surface area contributed by atoms with Gasteiger partial charge in [-0.05, 0) is 33.6 Å². The predicted octanol–water partition coefficient (Wildman–Crippen LogP) is 1.11. The zero-order chi connectivity index (χ0) is 17.5. The van der Waals surface area contributed by atoms with Crippen molar-refractivity contribution >= 4 is 21.7 Å². The Morgan fingerprint density at radius 1 is 1.42 bits per heavy atom. The molecule has 24 heavy (non-hydrogen) atoms. The Morgan fingerprint density at radius 3 is 2.75 bits per heavy atom. The van der Waals surface area contributed by atoms with Gasteiger partial charge in [0.1, 0.15) is 16.7 Å². The van der Waals surface area contributed by atoms with Crippen LogP contribution in [0.25, 0.3) is 0 Å². The van der Waals surface area contributed by atoms with Gasteiger partial charge in [-0.25, -0.2) is 8.42 Å². The topological polar surface area (TPSA) is 121 Å². The first kappa shape index (κ1) is 16.7. The van der Waals surface area contributed by atoms with Crippen LogP contribution >= 0.6 is 0 Å². The smallest absolute Gasteiger partial charge is 0.247 e. The van der Waals surface area contributed by atoms with E-state index in [9.17, 15) is 13.2 Å². The molecular formula is C14H19N5O4S. The largest absolute Gasteiger partial charge is 0.360 e. The van der Waals surface area contributed by atoms with Crippen LogP contribution in [-0.2, 0) is 14.8 Å². The normalized spacial score (nSPS) is 18.9. The van der Waals surface area contributed by atoms with Crippen molar-refractivity contribution in [3.05, 3.63) is 23.2 Å². The molecule has 10 heteroatoms. The minimum absolute atomic E-state index is 0.138. The number of hydrogen-bond donors (Lipinski definition) is 2. The average molecular weight is 353 g/mol.